The topological polar surface area (TPSA) is 15.3 Å². The van der Waals surface area contributed by atoms with E-state index in [0.29, 0.717) is 0 Å². The highest BCUT2D eigenvalue weighted by atomic mass is 15.1. The second-order valence-corrected chi connectivity index (χ2v) is 6.36. The molecule has 20 heavy (non-hydrogen) atoms. The second-order valence-electron chi connectivity index (χ2n) is 6.36. The van der Waals surface area contributed by atoms with Crippen LogP contribution in [0.15, 0.2) is 24.3 Å². The van der Waals surface area contributed by atoms with E-state index in [-0.39, 0.29) is 0 Å². The lowest BCUT2D eigenvalue weighted by atomic mass is 9.84. The van der Waals surface area contributed by atoms with Gasteiger partial charge in [-0.15, -0.1) is 0 Å². The largest absolute Gasteiger partial charge is 0.384 e. The second kappa shape index (κ2) is 7.68. The summed E-state index contributed by atoms with van der Waals surface area (Å²) in [6.07, 6.45) is 7.00. The van der Waals surface area contributed by atoms with Crippen molar-refractivity contribution in [1.82, 2.24) is 4.90 Å². The van der Waals surface area contributed by atoms with Crippen molar-refractivity contribution in [3.05, 3.63) is 29.8 Å². The Morgan fingerprint density at radius 1 is 1.20 bits per heavy atom. The molecule has 0 bridgehead atoms. The highest BCUT2D eigenvalue weighted by Crippen LogP contribution is 2.28. The van der Waals surface area contributed by atoms with E-state index in [1.54, 1.807) is 0 Å². The van der Waals surface area contributed by atoms with Crippen LogP contribution < -0.4 is 5.32 Å². The minimum atomic E-state index is 0.803. The maximum Gasteiger partial charge on any atom is 0.0343 e. The number of hydrogen-bond acceptors (Lipinski definition) is 2. The molecule has 0 aliphatic heterocycles. The molecule has 1 aromatic carbocycles. The van der Waals surface area contributed by atoms with Gasteiger partial charge in [-0.05, 0) is 63.3 Å². The van der Waals surface area contributed by atoms with Gasteiger partial charge in [0.05, 0.1) is 0 Å². The van der Waals surface area contributed by atoms with E-state index in [2.05, 4.69) is 55.4 Å². The van der Waals surface area contributed by atoms with Crippen LogP contribution in [0.4, 0.5) is 5.69 Å². The number of rotatable bonds is 6. The molecule has 0 unspecified atom stereocenters. The van der Waals surface area contributed by atoms with E-state index < -0.39 is 0 Å². The number of nitrogens with zero attached hydrogens (tertiary/aromatic N) is 1. The van der Waals surface area contributed by atoms with Gasteiger partial charge in [-0.1, -0.05) is 25.5 Å². The smallest absolute Gasteiger partial charge is 0.0343 e. The Bertz CT molecular complexity index is 394. The molecule has 0 aromatic heterocycles. The first kappa shape index (κ1) is 15.4. The maximum absolute atomic E-state index is 3.53. The van der Waals surface area contributed by atoms with Crippen LogP contribution >= 0.6 is 0 Å². The summed E-state index contributed by atoms with van der Waals surface area (Å²) in [7, 11) is 2.29. The molecule has 0 heterocycles. The monoisotopic (exact) mass is 274 g/mol. The Labute approximate surface area is 124 Å². The van der Waals surface area contributed by atoms with Crippen LogP contribution in [0.2, 0.25) is 0 Å². The quantitative estimate of drug-likeness (QED) is 0.831. The van der Waals surface area contributed by atoms with Gasteiger partial charge in [0, 0.05) is 24.8 Å². The maximum atomic E-state index is 3.53. The molecule has 1 N–H and O–H groups in total. The van der Waals surface area contributed by atoms with E-state index >= 15 is 0 Å². The van der Waals surface area contributed by atoms with Crippen molar-refractivity contribution in [3.63, 3.8) is 0 Å². The van der Waals surface area contributed by atoms with Crippen LogP contribution in [0.3, 0.4) is 0 Å². The van der Waals surface area contributed by atoms with Gasteiger partial charge in [0.1, 0.15) is 0 Å². The van der Waals surface area contributed by atoms with Gasteiger partial charge in [-0.2, -0.15) is 0 Å². The summed E-state index contributed by atoms with van der Waals surface area (Å²) in [5.74, 6) is 0.991. The molecule has 0 saturated heterocycles. The molecule has 1 aromatic rings. The minimum absolute atomic E-state index is 0.803. The first-order chi connectivity index (χ1) is 9.69. The third kappa shape index (κ3) is 4.52. The van der Waals surface area contributed by atoms with Crippen molar-refractivity contribution in [2.75, 3.05) is 25.5 Å². The number of nitrogens with one attached hydrogen (secondary N) is 1. The van der Waals surface area contributed by atoms with E-state index in [4.69, 9.17) is 0 Å². The van der Waals surface area contributed by atoms with Gasteiger partial charge < -0.3 is 10.2 Å². The van der Waals surface area contributed by atoms with Gasteiger partial charge in [0.2, 0.25) is 0 Å². The fraction of sp³-hybridized carbons (Fsp3) is 0.667. The Hall–Kier alpha value is -1.02. The molecule has 1 saturated carbocycles. The number of aryl methyl sites for hydroxylation is 1. The van der Waals surface area contributed by atoms with Crippen molar-refractivity contribution >= 4 is 5.69 Å². The van der Waals surface area contributed by atoms with Gasteiger partial charge in [0.15, 0.2) is 0 Å². The summed E-state index contributed by atoms with van der Waals surface area (Å²) in [5.41, 5.74) is 2.56. The van der Waals surface area contributed by atoms with Crippen molar-refractivity contribution in [2.24, 2.45) is 5.92 Å². The SMILES string of the molecule is CCC1CCC(N(C)CCNc2cccc(C)c2)CC1. The average Bonchev–Trinajstić information content (AvgIpc) is 2.47. The van der Waals surface area contributed by atoms with Gasteiger partial charge in [-0.25, -0.2) is 0 Å². The molecule has 0 radical (unpaired) electrons. The van der Waals surface area contributed by atoms with Crippen LogP contribution in [0.1, 0.15) is 44.6 Å². The summed E-state index contributed by atoms with van der Waals surface area (Å²) < 4.78 is 0. The third-order valence-electron chi connectivity index (χ3n) is 4.83. The zero-order chi connectivity index (χ0) is 14.4. The predicted octanol–water partition coefficient (Wildman–Crippen LogP) is 4.31. The fourth-order valence-electron chi connectivity index (χ4n) is 3.31. The number of benzene rings is 1. The van der Waals surface area contributed by atoms with Crippen molar-refractivity contribution < 1.29 is 0 Å². The Balaban J connectivity index is 1.69. The van der Waals surface area contributed by atoms with Crippen molar-refractivity contribution in [2.45, 2.75) is 52.0 Å². The molecule has 2 rings (SSSR count). The molecular weight excluding hydrogens is 244 g/mol. The van der Waals surface area contributed by atoms with Crippen molar-refractivity contribution in [1.29, 1.82) is 0 Å². The molecule has 1 fully saturated rings. The van der Waals surface area contributed by atoms with Gasteiger partial charge in [0.25, 0.3) is 0 Å². The Morgan fingerprint density at radius 3 is 2.60 bits per heavy atom. The molecule has 0 atom stereocenters. The highest BCUT2D eigenvalue weighted by Gasteiger charge is 2.22. The summed E-state index contributed by atoms with van der Waals surface area (Å²) in [6, 6.07) is 9.43. The van der Waals surface area contributed by atoms with Crippen LogP contribution in [0.25, 0.3) is 0 Å². The highest BCUT2D eigenvalue weighted by molar-refractivity contribution is 5.45. The first-order valence-corrected chi connectivity index (χ1v) is 8.19. The van der Waals surface area contributed by atoms with Crippen LogP contribution in [0, 0.1) is 12.8 Å². The van der Waals surface area contributed by atoms with Gasteiger partial charge in [-0.3, -0.25) is 0 Å². The number of anilines is 1. The lowest BCUT2D eigenvalue weighted by molar-refractivity contribution is 0.168. The lowest BCUT2D eigenvalue weighted by Crippen LogP contribution is -2.37. The lowest BCUT2D eigenvalue weighted by Gasteiger charge is -2.34. The number of hydrogen-bond donors (Lipinski definition) is 1. The molecule has 2 nitrogen and oxygen atoms in total. The third-order valence-corrected chi connectivity index (χ3v) is 4.83. The van der Waals surface area contributed by atoms with E-state index in [1.807, 2.05) is 0 Å². The summed E-state index contributed by atoms with van der Waals surface area (Å²) in [6.45, 7) is 6.65. The Morgan fingerprint density at radius 2 is 1.95 bits per heavy atom. The molecule has 0 spiro atoms. The zero-order valence-corrected chi connectivity index (χ0v) is 13.4. The molecule has 112 valence electrons. The van der Waals surface area contributed by atoms with Gasteiger partial charge >= 0.3 is 0 Å². The predicted molar refractivity (Wildman–Crippen MR) is 88.3 cm³/mol. The van der Waals surface area contributed by atoms with Crippen molar-refractivity contribution in [3.8, 4) is 0 Å². The zero-order valence-electron chi connectivity index (χ0n) is 13.4. The Kier molecular flexibility index (Phi) is 5.90. The minimum Gasteiger partial charge on any atom is -0.384 e. The normalized spacial score (nSPS) is 23.0. The first-order valence-electron chi connectivity index (χ1n) is 8.19. The molecule has 0 amide bonds. The van der Waals surface area contributed by atoms with Crippen LogP contribution in [0.5, 0.6) is 0 Å². The summed E-state index contributed by atoms with van der Waals surface area (Å²) >= 11 is 0. The van der Waals surface area contributed by atoms with E-state index in [1.165, 1.54) is 43.4 Å². The van der Waals surface area contributed by atoms with Crippen LogP contribution in [-0.2, 0) is 0 Å². The standard InChI is InChI=1S/C18H30N2/c1-4-16-8-10-18(11-9-16)20(3)13-12-19-17-7-5-6-15(2)14-17/h5-7,14,16,18-19H,4,8-13H2,1-3H3. The molecular formula is C18H30N2. The summed E-state index contributed by atoms with van der Waals surface area (Å²) in [4.78, 5) is 2.55. The van der Waals surface area contributed by atoms with E-state index in [9.17, 15) is 0 Å². The molecule has 1 aliphatic carbocycles. The molecule has 1 aliphatic rings. The van der Waals surface area contributed by atoms with Crippen LogP contribution in [-0.4, -0.2) is 31.1 Å². The molecule has 2 heteroatoms. The summed E-state index contributed by atoms with van der Waals surface area (Å²) in [5, 5.41) is 3.53. The number of likely N-dealkylation sites (N-methyl/N-ethyl adjacent to an activating group) is 1. The fourth-order valence-corrected chi connectivity index (χ4v) is 3.31. The van der Waals surface area contributed by atoms with E-state index in [0.717, 1.165) is 25.0 Å². The average molecular weight is 274 g/mol.